The highest BCUT2D eigenvalue weighted by Crippen LogP contribution is 2.43. The van der Waals surface area contributed by atoms with Gasteiger partial charge in [0.25, 0.3) is 5.56 Å². The third-order valence-corrected chi connectivity index (χ3v) is 7.14. The van der Waals surface area contributed by atoms with E-state index in [0.717, 1.165) is 67.3 Å². The molecule has 0 atom stereocenters. The zero-order valence-corrected chi connectivity index (χ0v) is 19.5. The van der Waals surface area contributed by atoms with E-state index in [2.05, 4.69) is 5.32 Å². The topological polar surface area (TPSA) is 74.0 Å². The number of benzene rings is 2. The van der Waals surface area contributed by atoms with E-state index in [-0.39, 0.29) is 16.8 Å². The number of halogens is 1. The van der Waals surface area contributed by atoms with Crippen molar-refractivity contribution in [3.63, 3.8) is 0 Å². The van der Waals surface area contributed by atoms with Gasteiger partial charge in [-0.1, -0.05) is 18.2 Å². The minimum atomic E-state index is -0.301. The first-order chi connectivity index (χ1) is 17.0. The van der Waals surface area contributed by atoms with Gasteiger partial charge in [-0.05, 0) is 61.7 Å². The number of aromatic nitrogens is 4. The largest absolute Gasteiger partial charge is 0.381 e. The molecule has 1 fully saturated rings. The molecular formula is C27H26FN5O2. The highest BCUT2D eigenvalue weighted by molar-refractivity contribution is 5.87. The zero-order chi connectivity index (χ0) is 24.0. The molecule has 0 unspecified atom stereocenters. The number of hydrogen-bond acceptors (Lipinski definition) is 5. The molecule has 2 aliphatic heterocycles. The second-order valence-electron chi connectivity index (χ2n) is 9.46. The van der Waals surface area contributed by atoms with Crippen LogP contribution in [0.4, 0.5) is 10.2 Å². The lowest BCUT2D eigenvalue weighted by molar-refractivity contribution is 0.00792. The Balaban J connectivity index is 1.53. The Labute approximate surface area is 202 Å². The Morgan fingerprint density at radius 1 is 1.00 bits per heavy atom. The first-order valence-corrected chi connectivity index (χ1v) is 11.9. The molecule has 35 heavy (non-hydrogen) atoms. The SMILES string of the molecule is Cc1ccccc1-n1nc(-c2c(-c3ccc(F)cc3)nn3c2NCC2(CCOCC2)C3)ccc1=O. The van der Waals surface area contributed by atoms with Crippen molar-refractivity contribution in [1.82, 2.24) is 19.6 Å². The Kier molecular flexibility index (Phi) is 5.25. The van der Waals surface area contributed by atoms with E-state index >= 15 is 0 Å². The number of fused-ring (bicyclic) bond motifs is 1. The Bertz CT molecular complexity index is 1450. The summed E-state index contributed by atoms with van der Waals surface area (Å²) < 4.78 is 22.8. The molecule has 8 heteroatoms. The van der Waals surface area contributed by atoms with Crippen molar-refractivity contribution in [1.29, 1.82) is 0 Å². The van der Waals surface area contributed by atoms with Crippen LogP contribution in [-0.2, 0) is 11.3 Å². The molecule has 7 nitrogen and oxygen atoms in total. The average molecular weight is 472 g/mol. The summed E-state index contributed by atoms with van der Waals surface area (Å²) in [5.41, 5.74) is 4.50. The fourth-order valence-electron chi connectivity index (χ4n) is 5.11. The summed E-state index contributed by atoms with van der Waals surface area (Å²) >= 11 is 0. The van der Waals surface area contributed by atoms with Crippen LogP contribution in [0.3, 0.4) is 0 Å². The van der Waals surface area contributed by atoms with Crippen LogP contribution in [0.1, 0.15) is 18.4 Å². The van der Waals surface area contributed by atoms with Gasteiger partial charge in [0, 0.05) is 36.8 Å². The molecule has 1 saturated heterocycles. The summed E-state index contributed by atoms with van der Waals surface area (Å²) in [7, 11) is 0. The van der Waals surface area contributed by atoms with E-state index in [1.165, 1.54) is 22.9 Å². The molecule has 2 aliphatic rings. The van der Waals surface area contributed by atoms with Crippen LogP contribution in [0.5, 0.6) is 0 Å². The van der Waals surface area contributed by atoms with Crippen molar-refractivity contribution in [2.75, 3.05) is 25.1 Å². The average Bonchev–Trinajstić information content (AvgIpc) is 3.24. The van der Waals surface area contributed by atoms with E-state index in [0.29, 0.717) is 11.4 Å². The van der Waals surface area contributed by atoms with Gasteiger partial charge in [0.15, 0.2) is 0 Å². The molecule has 0 aliphatic carbocycles. The maximum absolute atomic E-state index is 13.7. The molecule has 0 bridgehead atoms. The van der Waals surface area contributed by atoms with Crippen molar-refractivity contribution in [3.05, 3.63) is 82.4 Å². The Morgan fingerprint density at radius 2 is 1.77 bits per heavy atom. The number of anilines is 1. The molecule has 4 aromatic rings. The second kappa shape index (κ2) is 8.46. The number of nitrogens with one attached hydrogen (secondary N) is 1. The van der Waals surface area contributed by atoms with Gasteiger partial charge >= 0.3 is 0 Å². The first kappa shape index (κ1) is 21.7. The standard InChI is InChI=1S/C27H26FN5O2/c1-18-4-2-3-5-22(18)33-23(34)11-10-21(30-33)24-25(19-6-8-20(28)9-7-19)31-32-17-27(16-29-26(24)32)12-14-35-15-13-27/h2-11,29H,12-17H2,1H3. The van der Waals surface area contributed by atoms with Crippen molar-refractivity contribution >= 4 is 5.82 Å². The van der Waals surface area contributed by atoms with Gasteiger partial charge in [-0.2, -0.15) is 14.9 Å². The molecule has 0 radical (unpaired) electrons. The van der Waals surface area contributed by atoms with E-state index in [4.69, 9.17) is 14.9 Å². The van der Waals surface area contributed by atoms with Crippen molar-refractivity contribution in [2.24, 2.45) is 5.41 Å². The minimum absolute atomic E-state index is 0.0853. The fraction of sp³-hybridized carbons (Fsp3) is 0.296. The van der Waals surface area contributed by atoms with E-state index in [1.807, 2.05) is 35.9 Å². The minimum Gasteiger partial charge on any atom is -0.381 e. The number of hydrogen-bond donors (Lipinski definition) is 1. The van der Waals surface area contributed by atoms with Gasteiger partial charge in [-0.15, -0.1) is 0 Å². The maximum atomic E-state index is 13.7. The number of nitrogens with zero attached hydrogens (tertiary/aromatic N) is 4. The number of ether oxygens (including phenoxy) is 1. The van der Waals surface area contributed by atoms with Gasteiger partial charge in [0.2, 0.25) is 0 Å². The van der Waals surface area contributed by atoms with Crippen molar-refractivity contribution < 1.29 is 9.13 Å². The highest BCUT2D eigenvalue weighted by Gasteiger charge is 2.39. The van der Waals surface area contributed by atoms with Gasteiger partial charge in [0.05, 0.1) is 23.5 Å². The predicted molar refractivity (Wildman–Crippen MR) is 132 cm³/mol. The smallest absolute Gasteiger partial charge is 0.271 e. The van der Waals surface area contributed by atoms with E-state index in [9.17, 15) is 9.18 Å². The molecule has 0 amide bonds. The summed E-state index contributed by atoms with van der Waals surface area (Å²) in [6, 6.07) is 17.3. The molecule has 178 valence electrons. The highest BCUT2D eigenvalue weighted by atomic mass is 19.1. The lowest BCUT2D eigenvalue weighted by Crippen LogP contribution is -2.43. The number of para-hydroxylation sites is 1. The molecule has 2 aromatic carbocycles. The van der Waals surface area contributed by atoms with Gasteiger partial charge < -0.3 is 10.1 Å². The number of aryl methyl sites for hydroxylation is 1. The summed E-state index contributed by atoms with van der Waals surface area (Å²) in [5.74, 6) is 0.564. The van der Waals surface area contributed by atoms with Crippen LogP contribution in [-0.4, -0.2) is 39.3 Å². The van der Waals surface area contributed by atoms with Crippen LogP contribution >= 0.6 is 0 Å². The van der Waals surface area contributed by atoms with Gasteiger partial charge in [0.1, 0.15) is 17.3 Å². The number of rotatable bonds is 3. The quantitative estimate of drug-likeness (QED) is 0.479. The Morgan fingerprint density at radius 3 is 2.54 bits per heavy atom. The van der Waals surface area contributed by atoms with Crippen molar-refractivity contribution in [3.8, 4) is 28.2 Å². The fourth-order valence-corrected chi connectivity index (χ4v) is 5.11. The summed E-state index contributed by atoms with van der Waals surface area (Å²) in [6.45, 7) is 5.04. The molecule has 2 aromatic heterocycles. The maximum Gasteiger partial charge on any atom is 0.271 e. The van der Waals surface area contributed by atoms with Gasteiger partial charge in [-0.3, -0.25) is 4.79 Å². The predicted octanol–water partition coefficient (Wildman–Crippen LogP) is 4.43. The Hall–Kier alpha value is -3.78. The molecule has 1 spiro atoms. The monoisotopic (exact) mass is 471 g/mol. The van der Waals surface area contributed by atoms with Crippen molar-refractivity contribution in [2.45, 2.75) is 26.3 Å². The lowest BCUT2D eigenvalue weighted by atomic mass is 9.79. The molecular weight excluding hydrogens is 445 g/mol. The van der Waals surface area contributed by atoms with Gasteiger partial charge in [-0.25, -0.2) is 9.07 Å². The summed E-state index contributed by atoms with van der Waals surface area (Å²) in [6.07, 6.45) is 1.94. The van der Waals surface area contributed by atoms with Crippen LogP contribution in [0.25, 0.3) is 28.2 Å². The second-order valence-corrected chi connectivity index (χ2v) is 9.46. The molecule has 0 saturated carbocycles. The van der Waals surface area contributed by atoms with E-state index < -0.39 is 0 Å². The summed E-state index contributed by atoms with van der Waals surface area (Å²) in [4.78, 5) is 12.8. The summed E-state index contributed by atoms with van der Waals surface area (Å²) in [5, 5.41) is 13.4. The molecule has 1 N–H and O–H groups in total. The molecule has 6 rings (SSSR count). The van der Waals surface area contributed by atoms with E-state index in [1.54, 1.807) is 18.2 Å². The van der Waals surface area contributed by atoms with Crippen LogP contribution in [0.2, 0.25) is 0 Å². The lowest BCUT2D eigenvalue weighted by Gasteiger charge is -2.40. The third kappa shape index (κ3) is 3.83. The zero-order valence-electron chi connectivity index (χ0n) is 19.5. The van der Waals surface area contributed by atoms with Crippen LogP contribution in [0.15, 0.2) is 65.5 Å². The normalized spacial score (nSPS) is 16.6. The third-order valence-electron chi connectivity index (χ3n) is 7.14. The molecule has 4 heterocycles. The van der Waals surface area contributed by atoms with Crippen LogP contribution < -0.4 is 10.9 Å². The first-order valence-electron chi connectivity index (χ1n) is 11.9. The van der Waals surface area contributed by atoms with Crippen LogP contribution in [0, 0.1) is 18.2 Å².